The smallest absolute Gasteiger partial charge is 0.407 e. The van der Waals surface area contributed by atoms with E-state index in [0.717, 1.165) is 12.0 Å². The van der Waals surface area contributed by atoms with Gasteiger partial charge in [0.15, 0.2) is 0 Å². The quantitative estimate of drug-likeness (QED) is 0.682. The van der Waals surface area contributed by atoms with E-state index in [1.165, 1.54) is 5.56 Å². The minimum Gasteiger partial charge on any atom is -0.444 e. The van der Waals surface area contributed by atoms with Crippen LogP contribution in [0.2, 0.25) is 0 Å². The first-order valence-electron chi connectivity index (χ1n) is 8.95. The fraction of sp³-hybridized carbons (Fsp3) is 0.571. The number of aliphatic hydroxyl groups excluding tert-OH is 1. The molecule has 25 heavy (non-hydrogen) atoms. The van der Waals surface area contributed by atoms with Crippen LogP contribution in [0.25, 0.3) is 0 Å². The van der Waals surface area contributed by atoms with Crippen molar-refractivity contribution in [3.8, 4) is 0 Å². The van der Waals surface area contributed by atoms with E-state index < -0.39 is 17.8 Å². The second-order valence-electron chi connectivity index (χ2n) is 8.07. The number of alkyl carbamates (subject to hydrolysis) is 1. The summed E-state index contributed by atoms with van der Waals surface area (Å²) in [7, 11) is 0. The topological polar surface area (TPSA) is 58.6 Å². The van der Waals surface area contributed by atoms with Gasteiger partial charge in [-0.1, -0.05) is 56.3 Å². The Morgan fingerprint density at radius 3 is 2.36 bits per heavy atom. The van der Waals surface area contributed by atoms with Gasteiger partial charge in [0, 0.05) is 0 Å². The lowest BCUT2D eigenvalue weighted by Gasteiger charge is -2.28. The Morgan fingerprint density at radius 1 is 1.24 bits per heavy atom. The van der Waals surface area contributed by atoms with Gasteiger partial charge in [-0.15, -0.1) is 0 Å². The fourth-order valence-corrected chi connectivity index (χ4v) is 2.67. The summed E-state index contributed by atoms with van der Waals surface area (Å²) in [4.78, 5) is 12.1. The van der Waals surface area contributed by atoms with Crippen LogP contribution in [0, 0.1) is 5.92 Å². The molecule has 1 aromatic rings. The van der Waals surface area contributed by atoms with Crippen LogP contribution in [0.1, 0.15) is 53.0 Å². The maximum absolute atomic E-state index is 12.1. The number of aliphatic hydroxyl groups is 1. The van der Waals surface area contributed by atoms with Crippen molar-refractivity contribution in [2.24, 2.45) is 5.92 Å². The van der Waals surface area contributed by atoms with Crippen LogP contribution >= 0.6 is 0 Å². The molecular weight excluding hydrogens is 314 g/mol. The third kappa shape index (κ3) is 9.30. The van der Waals surface area contributed by atoms with Crippen LogP contribution in [0.3, 0.4) is 0 Å². The van der Waals surface area contributed by atoms with E-state index in [1.807, 2.05) is 51.1 Å². The molecule has 0 aliphatic heterocycles. The van der Waals surface area contributed by atoms with Crippen molar-refractivity contribution in [1.82, 2.24) is 5.32 Å². The first-order valence-corrected chi connectivity index (χ1v) is 8.95. The van der Waals surface area contributed by atoms with Gasteiger partial charge in [0.2, 0.25) is 0 Å². The largest absolute Gasteiger partial charge is 0.444 e. The lowest BCUT2D eigenvalue weighted by molar-refractivity contribution is 0.0403. The number of amides is 1. The molecule has 0 unspecified atom stereocenters. The molecule has 0 saturated carbocycles. The molecule has 1 amide bonds. The molecule has 0 aliphatic carbocycles. The molecule has 0 aliphatic rings. The Morgan fingerprint density at radius 2 is 1.84 bits per heavy atom. The molecule has 2 N–H and O–H groups in total. The zero-order valence-corrected chi connectivity index (χ0v) is 16.2. The van der Waals surface area contributed by atoms with E-state index in [4.69, 9.17) is 4.74 Å². The molecule has 0 radical (unpaired) electrons. The number of hydrogen-bond acceptors (Lipinski definition) is 3. The molecule has 2 atom stereocenters. The summed E-state index contributed by atoms with van der Waals surface area (Å²) in [5.41, 5.74) is 1.55. The van der Waals surface area contributed by atoms with E-state index >= 15 is 0 Å². The number of nitrogens with one attached hydrogen (secondary N) is 1. The van der Waals surface area contributed by atoms with Crippen LogP contribution in [0.15, 0.2) is 42.5 Å². The molecule has 140 valence electrons. The zero-order chi connectivity index (χ0) is 19.0. The Labute approximate surface area is 152 Å². The average Bonchev–Trinajstić information content (AvgIpc) is 2.44. The third-order valence-electron chi connectivity index (χ3n) is 3.69. The van der Waals surface area contributed by atoms with Crippen molar-refractivity contribution in [1.29, 1.82) is 0 Å². The van der Waals surface area contributed by atoms with Crippen LogP contribution < -0.4 is 5.32 Å². The van der Waals surface area contributed by atoms with Crippen LogP contribution in [0.5, 0.6) is 0 Å². The van der Waals surface area contributed by atoms with Gasteiger partial charge in [-0.25, -0.2) is 4.79 Å². The number of benzene rings is 1. The molecule has 1 rings (SSSR count). The number of carbonyl (C=O) groups excluding carboxylic acids is 1. The maximum Gasteiger partial charge on any atom is 0.407 e. The molecule has 0 fully saturated rings. The van der Waals surface area contributed by atoms with Gasteiger partial charge in [-0.05, 0) is 51.5 Å². The van der Waals surface area contributed by atoms with Crippen molar-refractivity contribution in [3.63, 3.8) is 0 Å². The Kier molecular flexibility index (Phi) is 8.17. The summed E-state index contributed by atoms with van der Waals surface area (Å²) in [6.07, 6.45) is 0.664. The summed E-state index contributed by atoms with van der Waals surface area (Å²) in [5, 5.41) is 13.4. The molecular formula is C21H33NO3. The van der Waals surface area contributed by atoms with E-state index in [0.29, 0.717) is 18.8 Å². The Bertz CT molecular complexity index is 546. The van der Waals surface area contributed by atoms with Gasteiger partial charge in [0.25, 0.3) is 0 Å². The van der Waals surface area contributed by atoms with Gasteiger partial charge >= 0.3 is 6.09 Å². The van der Waals surface area contributed by atoms with Gasteiger partial charge in [-0.2, -0.15) is 0 Å². The minimum atomic E-state index is -0.689. The first kappa shape index (κ1) is 21.2. The highest BCUT2D eigenvalue weighted by molar-refractivity contribution is 5.68. The van der Waals surface area contributed by atoms with E-state index in [2.05, 4.69) is 25.7 Å². The monoisotopic (exact) mass is 347 g/mol. The predicted octanol–water partition coefficient (Wildman–Crippen LogP) is 4.48. The molecule has 4 heteroatoms. The second kappa shape index (κ2) is 9.62. The van der Waals surface area contributed by atoms with Crippen LogP contribution in [-0.2, 0) is 11.2 Å². The molecule has 0 spiro atoms. The van der Waals surface area contributed by atoms with Crippen LogP contribution in [0.4, 0.5) is 4.79 Å². The minimum absolute atomic E-state index is 0.344. The molecule has 0 bridgehead atoms. The highest BCUT2D eigenvalue weighted by Gasteiger charge is 2.25. The van der Waals surface area contributed by atoms with E-state index in [9.17, 15) is 9.90 Å². The predicted molar refractivity (Wildman–Crippen MR) is 103 cm³/mol. The number of carbonyl (C=O) groups is 1. The normalized spacial score (nSPS) is 14.0. The second-order valence-corrected chi connectivity index (χ2v) is 8.07. The van der Waals surface area contributed by atoms with Gasteiger partial charge < -0.3 is 15.2 Å². The van der Waals surface area contributed by atoms with Crippen molar-refractivity contribution in [2.75, 3.05) is 0 Å². The van der Waals surface area contributed by atoms with Crippen molar-refractivity contribution in [3.05, 3.63) is 48.0 Å². The maximum atomic E-state index is 12.1. The average molecular weight is 347 g/mol. The van der Waals surface area contributed by atoms with Crippen molar-refractivity contribution < 1.29 is 14.6 Å². The lowest BCUT2D eigenvalue weighted by atomic mass is 9.93. The van der Waals surface area contributed by atoms with Crippen molar-refractivity contribution in [2.45, 2.75) is 71.6 Å². The van der Waals surface area contributed by atoms with Gasteiger partial charge in [0.1, 0.15) is 5.60 Å². The lowest BCUT2D eigenvalue weighted by Crippen LogP contribution is -2.46. The fourth-order valence-electron chi connectivity index (χ4n) is 2.67. The van der Waals surface area contributed by atoms with Crippen LogP contribution in [-0.4, -0.2) is 28.9 Å². The summed E-state index contributed by atoms with van der Waals surface area (Å²) >= 11 is 0. The molecule has 0 aromatic heterocycles. The molecule has 4 nitrogen and oxygen atoms in total. The van der Waals surface area contributed by atoms with Gasteiger partial charge in [0.05, 0.1) is 12.1 Å². The standard InChI is InChI=1S/C21H33NO3/c1-15(2)12-18(22-20(24)25-21(4,5)6)19(23)14-16(3)13-17-10-8-7-9-11-17/h7-11,15,18-19,23H,3,12-14H2,1-2,4-6H3,(H,22,24)/t18-,19-/m0/s1. The highest BCUT2D eigenvalue weighted by Crippen LogP contribution is 2.18. The number of rotatable bonds is 8. The number of ether oxygens (including phenoxy) is 1. The Balaban J connectivity index is 2.64. The third-order valence-corrected chi connectivity index (χ3v) is 3.69. The highest BCUT2D eigenvalue weighted by atomic mass is 16.6. The first-order chi connectivity index (χ1) is 11.6. The molecule has 0 saturated heterocycles. The van der Waals surface area contributed by atoms with Gasteiger partial charge in [-0.3, -0.25) is 0 Å². The Hall–Kier alpha value is -1.81. The molecule has 1 aromatic carbocycles. The van der Waals surface area contributed by atoms with E-state index in [-0.39, 0.29) is 6.04 Å². The summed E-state index contributed by atoms with van der Waals surface area (Å²) in [6.45, 7) is 13.7. The van der Waals surface area contributed by atoms with E-state index in [1.54, 1.807) is 0 Å². The SMILES string of the molecule is C=C(Cc1ccccc1)C[C@H](O)[C@H](CC(C)C)NC(=O)OC(C)(C)C. The summed E-state index contributed by atoms with van der Waals surface area (Å²) in [6, 6.07) is 9.69. The summed E-state index contributed by atoms with van der Waals surface area (Å²) in [5.74, 6) is 0.344. The van der Waals surface area contributed by atoms with Crippen molar-refractivity contribution >= 4 is 6.09 Å². The molecule has 0 heterocycles. The summed E-state index contributed by atoms with van der Waals surface area (Å²) < 4.78 is 5.32. The number of hydrogen-bond donors (Lipinski definition) is 2. The zero-order valence-electron chi connectivity index (χ0n) is 16.2.